The molecule has 0 unspecified atom stereocenters. The Labute approximate surface area is 154 Å². The van der Waals surface area contributed by atoms with Crippen LogP contribution in [0.4, 0.5) is 0 Å². The normalized spacial score (nSPS) is 11.2. The fraction of sp³-hybridized carbons (Fsp3) is 0.143. The van der Waals surface area contributed by atoms with Gasteiger partial charge >= 0.3 is 5.97 Å². The molecule has 1 N–H and O–H groups in total. The van der Waals surface area contributed by atoms with Gasteiger partial charge in [-0.05, 0) is 37.6 Å². The maximum atomic E-state index is 11.9. The molecule has 2 aromatic heterocycles. The van der Waals surface area contributed by atoms with Crippen LogP contribution in [0, 0.1) is 6.92 Å². The van der Waals surface area contributed by atoms with Gasteiger partial charge in [-0.25, -0.2) is 4.79 Å². The molecule has 0 fully saturated rings. The van der Waals surface area contributed by atoms with Gasteiger partial charge in [0.25, 0.3) is 0 Å². The summed E-state index contributed by atoms with van der Waals surface area (Å²) in [7, 11) is 0. The smallest absolute Gasteiger partial charge is 0.346 e. The van der Waals surface area contributed by atoms with Gasteiger partial charge in [0.1, 0.15) is 10.6 Å². The molecule has 0 bridgehead atoms. The average Bonchev–Trinajstić information content (AvgIpc) is 3.03. The topological polar surface area (TPSA) is 59.4 Å². The Balaban J connectivity index is 2.05. The predicted molar refractivity (Wildman–Crippen MR) is 105 cm³/mol. The molecule has 4 nitrogen and oxygen atoms in total. The monoisotopic (exact) mass is 363 g/mol. The number of carbonyl (C=O) groups is 1. The second-order valence-corrected chi connectivity index (χ2v) is 7.11. The Morgan fingerprint density at radius 1 is 1.15 bits per heavy atom. The van der Waals surface area contributed by atoms with Gasteiger partial charge in [-0.3, -0.25) is 4.98 Å². The van der Waals surface area contributed by atoms with Crippen LogP contribution in [-0.2, 0) is 0 Å². The molecule has 130 valence electrons. The van der Waals surface area contributed by atoms with E-state index in [-0.39, 0.29) is 0 Å². The Kier molecular flexibility index (Phi) is 4.09. The summed E-state index contributed by atoms with van der Waals surface area (Å²) in [6, 6.07) is 13.6. The maximum Gasteiger partial charge on any atom is 0.346 e. The molecule has 2 aromatic carbocycles. The highest BCUT2D eigenvalue weighted by atomic mass is 32.1. The summed E-state index contributed by atoms with van der Waals surface area (Å²) in [5, 5.41) is 11.5. The lowest BCUT2D eigenvalue weighted by molar-refractivity contribution is 0.0703. The number of nitrogens with zero attached hydrogens (tertiary/aromatic N) is 1. The Morgan fingerprint density at radius 2 is 1.92 bits per heavy atom. The molecule has 0 aliphatic carbocycles. The maximum absolute atomic E-state index is 11.9. The highest BCUT2D eigenvalue weighted by Gasteiger charge is 2.21. The third-order valence-electron chi connectivity index (χ3n) is 4.34. The van der Waals surface area contributed by atoms with Crippen LogP contribution in [0.3, 0.4) is 0 Å². The number of pyridine rings is 1. The molecular formula is C21H17NO3S. The summed E-state index contributed by atoms with van der Waals surface area (Å²) in [6.45, 7) is 4.53. The summed E-state index contributed by atoms with van der Waals surface area (Å²) < 4.78 is 6.53. The number of aromatic carboxylic acids is 1. The first-order valence-electron chi connectivity index (χ1n) is 8.37. The van der Waals surface area contributed by atoms with E-state index in [2.05, 4.69) is 4.98 Å². The number of ether oxygens (including phenoxy) is 1. The van der Waals surface area contributed by atoms with Gasteiger partial charge in [0.2, 0.25) is 0 Å². The van der Waals surface area contributed by atoms with Crippen LogP contribution < -0.4 is 4.74 Å². The van der Waals surface area contributed by atoms with E-state index in [1.807, 2.05) is 56.3 Å². The first kappa shape index (κ1) is 16.5. The van der Waals surface area contributed by atoms with Crippen molar-refractivity contribution in [2.24, 2.45) is 0 Å². The van der Waals surface area contributed by atoms with E-state index >= 15 is 0 Å². The number of carboxylic acids is 1. The molecule has 0 saturated heterocycles. The van der Waals surface area contributed by atoms with Crippen LogP contribution in [0.25, 0.3) is 32.1 Å². The van der Waals surface area contributed by atoms with Crippen LogP contribution in [0.2, 0.25) is 0 Å². The van der Waals surface area contributed by atoms with Gasteiger partial charge in [0.15, 0.2) is 0 Å². The van der Waals surface area contributed by atoms with Crippen LogP contribution in [-0.4, -0.2) is 22.7 Å². The summed E-state index contributed by atoms with van der Waals surface area (Å²) in [4.78, 5) is 16.8. The number of fused-ring (bicyclic) bond motifs is 3. The summed E-state index contributed by atoms with van der Waals surface area (Å²) in [6.07, 6.45) is 1.77. The van der Waals surface area contributed by atoms with Gasteiger partial charge in [-0.2, -0.15) is 0 Å². The molecule has 26 heavy (non-hydrogen) atoms. The van der Waals surface area contributed by atoms with Gasteiger partial charge in [0, 0.05) is 27.2 Å². The van der Waals surface area contributed by atoms with E-state index in [0.29, 0.717) is 11.5 Å². The third-order valence-corrected chi connectivity index (χ3v) is 5.56. The molecule has 0 amide bonds. The van der Waals surface area contributed by atoms with Gasteiger partial charge < -0.3 is 9.84 Å². The number of aromatic nitrogens is 1. The molecule has 4 rings (SSSR count). The first-order chi connectivity index (χ1) is 12.6. The lowest BCUT2D eigenvalue weighted by Crippen LogP contribution is -1.94. The second kappa shape index (κ2) is 6.42. The molecule has 0 spiro atoms. The van der Waals surface area contributed by atoms with E-state index in [1.165, 1.54) is 11.3 Å². The summed E-state index contributed by atoms with van der Waals surface area (Å²) in [5.74, 6) is -0.160. The molecule has 4 aromatic rings. The number of rotatable bonds is 4. The zero-order chi connectivity index (χ0) is 18.3. The predicted octanol–water partition coefficient (Wildman–Crippen LogP) is 5.52. The number of thiophene rings is 1. The standard InChI is InChI=1S/C21H17NO3S/c1-3-25-14-8-9-17-15(10-14)19-16(11-22-17)18(20(26-19)21(23)24)13-6-4-12(2)5-7-13/h4-11H,3H2,1-2H3,(H,23,24). The van der Waals surface area contributed by atoms with Gasteiger partial charge in [-0.1, -0.05) is 29.8 Å². The SMILES string of the molecule is CCOc1ccc2ncc3c(-c4ccc(C)cc4)c(C(=O)O)sc3c2c1. The lowest BCUT2D eigenvalue weighted by atomic mass is 10.0. The fourth-order valence-corrected chi connectivity index (χ4v) is 4.28. The second-order valence-electron chi connectivity index (χ2n) is 6.09. The van der Waals surface area contributed by atoms with Crippen molar-refractivity contribution in [3.05, 3.63) is 59.1 Å². The van der Waals surface area contributed by atoms with Crippen LogP contribution in [0.5, 0.6) is 5.75 Å². The Morgan fingerprint density at radius 3 is 2.62 bits per heavy atom. The zero-order valence-corrected chi connectivity index (χ0v) is 15.3. The van der Waals surface area contributed by atoms with Crippen molar-refractivity contribution in [3.63, 3.8) is 0 Å². The Hall–Kier alpha value is -2.92. The van der Waals surface area contributed by atoms with Crippen molar-refractivity contribution in [2.75, 3.05) is 6.61 Å². The van der Waals surface area contributed by atoms with Gasteiger partial charge in [0.05, 0.1) is 12.1 Å². The minimum Gasteiger partial charge on any atom is -0.494 e. The molecule has 0 radical (unpaired) electrons. The third kappa shape index (κ3) is 2.70. The molecule has 0 aliphatic heterocycles. The molecule has 0 atom stereocenters. The van der Waals surface area contributed by atoms with Crippen LogP contribution in [0.1, 0.15) is 22.2 Å². The first-order valence-corrected chi connectivity index (χ1v) is 9.18. The highest BCUT2D eigenvalue weighted by molar-refractivity contribution is 7.22. The van der Waals surface area contributed by atoms with Crippen molar-refractivity contribution in [2.45, 2.75) is 13.8 Å². The molecule has 2 heterocycles. The quantitative estimate of drug-likeness (QED) is 0.518. The fourth-order valence-electron chi connectivity index (χ4n) is 3.12. The number of carboxylic acid groups (broad SMARTS) is 1. The number of hydrogen-bond acceptors (Lipinski definition) is 4. The molecule has 0 aliphatic rings. The Bertz CT molecular complexity index is 1130. The van der Waals surface area contributed by atoms with E-state index < -0.39 is 5.97 Å². The largest absolute Gasteiger partial charge is 0.494 e. The average molecular weight is 363 g/mol. The van der Waals surface area contributed by atoms with Crippen molar-refractivity contribution >= 4 is 38.3 Å². The summed E-state index contributed by atoms with van der Waals surface area (Å²) >= 11 is 1.29. The number of hydrogen-bond donors (Lipinski definition) is 1. The number of aryl methyl sites for hydroxylation is 1. The summed E-state index contributed by atoms with van der Waals surface area (Å²) in [5.41, 5.74) is 3.58. The highest BCUT2D eigenvalue weighted by Crippen LogP contribution is 2.42. The van der Waals surface area contributed by atoms with Crippen molar-refractivity contribution in [3.8, 4) is 16.9 Å². The lowest BCUT2D eigenvalue weighted by Gasteiger charge is -2.06. The molecular weight excluding hydrogens is 346 g/mol. The van der Waals surface area contributed by atoms with Crippen LogP contribution >= 0.6 is 11.3 Å². The minimum atomic E-state index is -0.920. The van der Waals surface area contributed by atoms with E-state index in [1.54, 1.807) is 6.20 Å². The number of benzene rings is 2. The van der Waals surface area contributed by atoms with Crippen molar-refractivity contribution in [1.29, 1.82) is 0 Å². The molecule has 0 saturated carbocycles. The zero-order valence-electron chi connectivity index (χ0n) is 14.4. The van der Waals surface area contributed by atoms with E-state index in [9.17, 15) is 9.90 Å². The van der Waals surface area contributed by atoms with E-state index in [0.717, 1.165) is 43.4 Å². The van der Waals surface area contributed by atoms with Crippen LogP contribution in [0.15, 0.2) is 48.7 Å². The van der Waals surface area contributed by atoms with Crippen molar-refractivity contribution in [1.82, 2.24) is 4.98 Å². The van der Waals surface area contributed by atoms with Crippen molar-refractivity contribution < 1.29 is 14.6 Å². The van der Waals surface area contributed by atoms with Gasteiger partial charge in [-0.15, -0.1) is 11.3 Å². The molecule has 5 heteroatoms. The van der Waals surface area contributed by atoms with E-state index in [4.69, 9.17) is 4.74 Å². The minimum absolute atomic E-state index is 0.333.